The molecule has 1 heterocycles. The van der Waals surface area contributed by atoms with Crippen molar-refractivity contribution in [2.45, 2.75) is 13.8 Å². The van der Waals surface area contributed by atoms with Crippen LogP contribution in [0.5, 0.6) is 5.95 Å². The number of rotatable bonds is 3. The van der Waals surface area contributed by atoms with E-state index in [2.05, 4.69) is 4.98 Å². The van der Waals surface area contributed by atoms with Crippen molar-refractivity contribution in [3.05, 3.63) is 11.6 Å². The third-order valence-electron chi connectivity index (χ3n) is 1.15. The highest BCUT2D eigenvalue weighted by atomic mass is 16.6. The lowest BCUT2D eigenvalue weighted by atomic mass is 10.5. The summed E-state index contributed by atoms with van der Waals surface area (Å²) in [6.45, 7) is 4.07. The normalized spacial score (nSPS) is 9.64. The van der Waals surface area contributed by atoms with Gasteiger partial charge in [-0.25, -0.2) is 4.98 Å². The molecule has 0 saturated carbocycles. The molecule has 0 aliphatic rings. The molecule has 0 atom stereocenters. The molecule has 11 heavy (non-hydrogen) atoms. The van der Waals surface area contributed by atoms with Crippen LogP contribution >= 0.6 is 0 Å². The summed E-state index contributed by atoms with van der Waals surface area (Å²) in [6, 6.07) is 0. The number of nitrogens with zero attached hydrogens (tertiary/aromatic N) is 1. The average Bonchev–Trinajstić information content (AvgIpc) is 2.33. The van der Waals surface area contributed by atoms with Gasteiger partial charge in [0.1, 0.15) is 5.69 Å². The van der Waals surface area contributed by atoms with Crippen LogP contribution in [0.3, 0.4) is 0 Å². The zero-order valence-electron chi connectivity index (χ0n) is 6.46. The second-order valence-corrected chi connectivity index (χ2v) is 1.98. The predicted molar refractivity (Wildman–Crippen MR) is 37.8 cm³/mol. The first-order chi connectivity index (χ1) is 5.27. The van der Waals surface area contributed by atoms with E-state index < -0.39 is 0 Å². The molecule has 0 N–H and O–H groups in total. The summed E-state index contributed by atoms with van der Waals surface area (Å²) in [5.74, 6) is 0.389. The Labute approximate surface area is 64.2 Å². The summed E-state index contributed by atoms with van der Waals surface area (Å²) in [5.41, 5.74) is 0.606. The van der Waals surface area contributed by atoms with E-state index in [1.54, 1.807) is 6.92 Å². The number of aryl methyl sites for hydroxylation is 1. The summed E-state index contributed by atoms with van der Waals surface area (Å²) >= 11 is 0. The summed E-state index contributed by atoms with van der Waals surface area (Å²) in [4.78, 5) is 14.0. The minimum absolute atomic E-state index is 0.0611. The van der Waals surface area contributed by atoms with Gasteiger partial charge in [0.05, 0.1) is 6.61 Å². The highest BCUT2D eigenvalue weighted by Gasteiger charge is 2.08. The number of ether oxygens (including phenoxy) is 1. The molecule has 1 aromatic rings. The van der Waals surface area contributed by atoms with Crippen LogP contribution in [-0.4, -0.2) is 17.9 Å². The molecule has 1 rings (SSSR count). The lowest BCUT2D eigenvalue weighted by Gasteiger charge is -1.95. The lowest BCUT2D eigenvalue weighted by molar-refractivity contribution is 0.108. The van der Waals surface area contributed by atoms with Crippen LogP contribution in [0.25, 0.3) is 0 Å². The Morgan fingerprint density at radius 2 is 2.45 bits per heavy atom. The smallest absolute Gasteiger partial charge is 0.308 e. The molecule has 0 aromatic carbocycles. The van der Waals surface area contributed by atoms with Crippen LogP contribution in [0.15, 0.2) is 4.42 Å². The van der Waals surface area contributed by atoms with Gasteiger partial charge in [-0.05, 0) is 13.8 Å². The maximum absolute atomic E-state index is 10.2. The van der Waals surface area contributed by atoms with Crippen molar-refractivity contribution in [1.82, 2.24) is 4.98 Å². The summed E-state index contributed by atoms with van der Waals surface area (Å²) in [7, 11) is 0. The maximum atomic E-state index is 10.2. The van der Waals surface area contributed by atoms with E-state index in [0.29, 0.717) is 24.5 Å². The predicted octanol–water partition coefficient (Wildman–Crippen LogP) is 1.19. The topological polar surface area (TPSA) is 52.3 Å². The van der Waals surface area contributed by atoms with E-state index in [0.717, 1.165) is 0 Å². The Balaban J connectivity index is 2.87. The zero-order chi connectivity index (χ0) is 8.27. The number of oxazole rings is 1. The molecule has 0 fully saturated rings. The molecule has 0 bridgehead atoms. The monoisotopic (exact) mass is 155 g/mol. The van der Waals surface area contributed by atoms with Crippen molar-refractivity contribution in [2.75, 3.05) is 6.61 Å². The second-order valence-electron chi connectivity index (χ2n) is 1.98. The molecule has 0 spiro atoms. The zero-order valence-corrected chi connectivity index (χ0v) is 6.46. The van der Waals surface area contributed by atoms with Crippen molar-refractivity contribution >= 4 is 6.29 Å². The van der Waals surface area contributed by atoms with Crippen molar-refractivity contribution < 1.29 is 13.9 Å². The van der Waals surface area contributed by atoms with E-state index in [1.165, 1.54) is 0 Å². The van der Waals surface area contributed by atoms with Gasteiger partial charge in [-0.3, -0.25) is 4.79 Å². The van der Waals surface area contributed by atoms with Crippen LogP contribution in [0, 0.1) is 6.92 Å². The van der Waals surface area contributed by atoms with Crippen LogP contribution in [0.4, 0.5) is 0 Å². The third-order valence-corrected chi connectivity index (χ3v) is 1.15. The summed E-state index contributed by atoms with van der Waals surface area (Å²) < 4.78 is 9.93. The van der Waals surface area contributed by atoms with Crippen LogP contribution in [0.1, 0.15) is 23.3 Å². The van der Waals surface area contributed by atoms with Crippen molar-refractivity contribution in [2.24, 2.45) is 0 Å². The van der Waals surface area contributed by atoms with E-state index in [4.69, 9.17) is 9.15 Å². The Kier molecular flexibility index (Phi) is 2.25. The molecule has 4 heteroatoms. The molecule has 0 amide bonds. The first-order valence-corrected chi connectivity index (χ1v) is 3.33. The second kappa shape index (κ2) is 3.18. The molecule has 0 radical (unpaired) electrons. The van der Waals surface area contributed by atoms with Gasteiger partial charge in [0, 0.05) is 0 Å². The van der Waals surface area contributed by atoms with Crippen molar-refractivity contribution in [1.29, 1.82) is 0 Å². The minimum Gasteiger partial charge on any atom is -0.464 e. The third kappa shape index (κ3) is 1.58. The van der Waals surface area contributed by atoms with Gasteiger partial charge in [0.15, 0.2) is 0 Å². The highest BCUT2D eigenvalue weighted by Crippen LogP contribution is 2.17. The molecular formula is C7H9NO3. The van der Waals surface area contributed by atoms with Crippen LogP contribution in [0.2, 0.25) is 0 Å². The Morgan fingerprint density at radius 3 is 2.91 bits per heavy atom. The molecule has 60 valence electrons. The fourth-order valence-electron chi connectivity index (χ4n) is 0.718. The van der Waals surface area contributed by atoms with Crippen LogP contribution < -0.4 is 4.74 Å². The lowest BCUT2D eigenvalue weighted by Crippen LogP contribution is -1.90. The van der Waals surface area contributed by atoms with Gasteiger partial charge < -0.3 is 9.15 Å². The van der Waals surface area contributed by atoms with E-state index >= 15 is 0 Å². The number of aldehydes is 1. The van der Waals surface area contributed by atoms with Crippen LogP contribution in [-0.2, 0) is 0 Å². The Bertz CT molecular complexity index is 254. The van der Waals surface area contributed by atoms with Crippen molar-refractivity contribution in [3.8, 4) is 5.95 Å². The van der Waals surface area contributed by atoms with Crippen molar-refractivity contribution in [3.63, 3.8) is 0 Å². The SMILES string of the molecule is CCOc1oc(C=O)nc1C. The summed E-state index contributed by atoms with van der Waals surface area (Å²) in [5, 5.41) is 0. The standard InChI is InChI=1S/C7H9NO3/c1-3-10-7-5(2)8-6(4-9)11-7/h4H,3H2,1-2H3. The van der Waals surface area contributed by atoms with Gasteiger partial charge >= 0.3 is 5.95 Å². The number of carbonyl (C=O) groups excluding carboxylic acids is 1. The highest BCUT2D eigenvalue weighted by molar-refractivity contribution is 5.67. The largest absolute Gasteiger partial charge is 0.464 e. The molecule has 0 aliphatic heterocycles. The van der Waals surface area contributed by atoms with Gasteiger partial charge in [0.25, 0.3) is 5.89 Å². The minimum atomic E-state index is 0.0611. The molecule has 1 aromatic heterocycles. The molecular weight excluding hydrogens is 146 g/mol. The number of hydrogen-bond donors (Lipinski definition) is 0. The van der Waals surface area contributed by atoms with Gasteiger partial charge in [-0.2, -0.15) is 0 Å². The fourth-order valence-corrected chi connectivity index (χ4v) is 0.718. The average molecular weight is 155 g/mol. The first kappa shape index (κ1) is 7.78. The maximum Gasteiger partial charge on any atom is 0.308 e. The van der Waals surface area contributed by atoms with E-state index in [1.807, 2.05) is 6.92 Å². The fraction of sp³-hybridized carbons (Fsp3) is 0.429. The van der Waals surface area contributed by atoms with Gasteiger partial charge in [-0.1, -0.05) is 0 Å². The quantitative estimate of drug-likeness (QED) is 0.615. The first-order valence-electron chi connectivity index (χ1n) is 3.33. The van der Waals surface area contributed by atoms with Gasteiger partial charge in [-0.15, -0.1) is 0 Å². The summed E-state index contributed by atoms with van der Waals surface area (Å²) in [6.07, 6.45) is 0.551. The molecule has 0 unspecified atom stereocenters. The van der Waals surface area contributed by atoms with E-state index in [9.17, 15) is 4.79 Å². The molecule has 4 nitrogen and oxygen atoms in total. The number of hydrogen-bond acceptors (Lipinski definition) is 4. The molecule has 0 aliphatic carbocycles. The van der Waals surface area contributed by atoms with Gasteiger partial charge in [0.2, 0.25) is 6.29 Å². The Morgan fingerprint density at radius 1 is 1.73 bits per heavy atom. The molecule has 0 saturated heterocycles. The number of carbonyl (C=O) groups is 1. The Hall–Kier alpha value is -1.32. The van der Waals surface area contributed by atoms with E-state index in [-0.39, 0.29) is 5.89 Å². The number of aromatic nitrogens is 1.